The Kier molecular flexibility index (Phi) is 2.29. The number of ether oxygens (including phenoxy) is 1. The van der Waals surface area contributed by atoms with E-state index in [1.165, 1.54) is 0 Å². The number of benzene rings is 1. The lowest BCUT2D eigenvalue weighted by Gasteiger charge is -2.06. The van der Waals surface area contributed by atoms with Crippen LogP contribution in [-0.4, -0.2) is 27.2 Å². The fourth-order valence-corrected chi connectivity index (χ4v) is 1.38. The highest BCUT2D eigenvalue weighted by atomic mass is 16.5. The topological polar surface area (TPSA) is 60.2 Å². The molecule has 0 amide bonds. The van der Waals surface area contributed by atoms with E-state index in [0.717, 1.165) is 5.69 Å². The molecule has 5 heteroatoms. The molecule has 1 N–H and O–H groups in total. The summed E-state index contributed by atoms with van der Waals surface area (Å²) in [5.74, 6) is 0.866. The van der Waals surface area contributed by atoms with E-state index in [9.17, 15) is 5.11 Å². The number of aromatic hydroxyl groups is 1. The van der Waals surface area contributed by atoms with Crippen molar-refractivity contribution in [2.24, 2.45) is 7.05 Å². The number of phenols is 1. The molecule has 0 aliphatic rings. The summed E-state index contributed by atoms with van der Waals surface area (Å²) in [4.78, 5) is 0. The standard InChI is InChI=1S/C10H11N3O2/c1-13-9(6-11-12-13)8-5-7(15-2)3-4-10(8)14/h3-6,14H,1-2H3. The smallest absolute Gasteiger partial charge is 0.125 e. The molecule has 0 spiro atoms. The van der Waals surface area contributed by atoms with E-state index in [0.29, 0.717) is 11.3 Å². The molecule has 2 rings (SSSR count). The first-order valence-electron chi connectivity index (χ1n) is 4.44. The first kappa shape index (κ1) is 9.51. The van der Waals surface area contributed by atoms with Crippen LogP contribution in [0.15, 0.2) is 24.4 Å². The third-order valence-corrected chi connectivity index (χ3v) is 2.19. The molecule has 1 aromatic heterocycles. The van der Waals surface area contributed by atoms with Crippen LogP contribution in [0.1, 0.15) is 0 Å². The van der Waals surface area contributed by atoms with Gasteiger partial charge in [0.2, 0.25) is 0 Å². The molecule has 0 unspecified atom stereocenters. The molecule has 0 radical (unpaired) electrons. The van der Waals surface area contributed by atoms with Gasteiger partial charge in [0.1, 0.15) is 11.5 Å². The molecular weight excluding hydrogens is 194 g/mol. The van der Waals surface area contributed by atoms with Crippen molar-refractivity contribution in [3.05, 3.63) is 24.4 Å². The molecule has 0 aliphatic carbocycles. The van der Waals surface area contributed by atoms with Crippen molar-refractivity contribution in [1.82, 2.24) is 15.0 Å². The Morgan fingerprint density at radius 3 is 2.80 bits per heavy atom. The van der Waals surface area contributed by atoms with Gasteiger partial charge in [-0.3, -0.25) is 0 Å². The molecule has 1 heterocycles. The van der Waals surface area contributed by atoms with Crippen LogP contribution in [0.4, 0.5) is 0 Å². The number of nitrogens with zero attached hydrogens (tertiary/aromatic N) is 3. The molecule has 1 aromatic carbocycles. The van der Waals surface area contributed by atoms with E-state index >= 15 is 0 Å². The van der Waals surface area contributed by atoms with Gasteiger partial charge in [-0.1, -0.05) is 5.21 Å². The van der Waals surface area contributed by atoms with Crippen LogP contribution in [0, 0.1) is 0 Å². The summed E-state index contributed by atoms with van der Waals surface area (Å²) >= 11 is 0. The summed E-state index contributed by atoms with van der Waals surface area (Å²) in [6, 6.07) is 5.03. The van der Waals surface area contributed by atoms with Gasteiger partial charge in [0.15, 0.2) is 0 Å². The maximum absolute atomic E-state index is 9.70. The van der Waals surface area contributed by atoms with Crippen molar-refractivity contribution >= 4 is 0 Å². The van der Waals surface area contributed by atoms with Crippen LogP contribution >= 0.6 is 0 Å². The van der Waals surface area contributed by atoms with Gasteiger partial charge in [0, 0.05) is 12.6 Å². The van der Waals surface area contributed by atoms with Gasteiger partial charge < -0.3 is 9.84 Å². The third-order valence-electron chi connectivity index (χ3n) is 2.19. The maximum atomic E-state index is 9.70. The predicted molar refractivity (Wildman–Crippen MR) is 54.7 cm³/mol. The molecule has 0 bridgehead atoms. The van der Waals surface area contributed by atoms with Gasteiger partial charge >= 0.3 is 0 Å². The quantitative estimate of drug-likeness (QED) is 0.800. The van der Waals surface area contributed by atoms with E-state index in [4.69, 9.17) is 4.74 Å². The summed E-state index contributed by atoms with van der Waals surface area (Å²) in [5, 5.41) is 17.3. The minimum Gasteiger partial charge on any atom is -0.507 e. The summed E-state index contributed by atoms with van der Waals surface area (Å²) in [5.41, 5.74) is 1.40. The van der Waals surface area contributed by atoms with Crippen LogP contribution < -0.4 is 4.74 Å². The van der Waals surface area contributed by atoms with Gasteiger partial charge in [-0.2, -0.15) is 0 Å². The number of phenolic OH excluding ortho intramolecular Hbond substituents is 1. The normalized spacial score (nSPS) is 10.3. The van der Waals surface area contributed by atoms with Crippen LogP contribution in [0.25, 0.3) is 11.3 Å². The lowest BCUT2D eigenvalue weighted by molar-refractivity contribution is 0.412. The zero-order valence-electron chi connectivity index (χ0n) is 8.51. The molecule has 0 fully saturated rings. The number of rotatable bonds is 2. The minimum atomic E-state index is 0.182. The highest BCUT2D eigenvalue weighted by Gasteiger charge is 2.09. The second-order valence-electron chi connectivity index (χ2n) is 3.13. The Labute approximate surface area is 86.9 Å². The van der Waals surface area contributed by atoms with Crippen molar-refractivity contribution in [3.63, 3.8) is 0 Å². The van der Waals surface area contributed by atoms with Crippen LogP contribution in [0.5, 0.6) is 11.5 Å². The van der Waals surface area contributed by atoms with E-state index in [-0.39, 0.29) is 5.75 Å². The van der Waals surface area contributed by atoms with Gasteiger partial charge in [-0.15, -0.1) is 5.10 Å². The second kappa shape index (κ2) is 3.61. The molecule has 78 valence electrons. The molecule has 2 aromatic rings. The Morgan fingerprint density at radius 2 is 2.20 bits per heavy atom. The number of aryl methyl sites for hydroxylation is 1. The van der Waals surface area contributed by atoms with Crippen LogP contribution in [-0.2, 0) is 7.05 Å². The Morgan fingerprint density at radius 1 is 1.40 bits per heavy atom. The average molecular weight is 205 g/mol. The summed E-state index contributed by atoms with van der Waals surface area (Å²) < 4.78 is 6.68. The van der Waals surface area contributed by atoms with Crippen molar-refractivity contribution in [1.29, 1.82) is 0 Å². The van der Waals surface area contributed by atoms with Crippen LogP contribution in [0.3, 0.4) is 0 Å². The molecule has 0 aliphatic heterocycles. The van der Waals surface area contributed by atoms with Gasteiger partial charge in [0.05, 0.1) is 19.0 Å². The Bertz CT molecular complexity index is 479. The highest BCUT2D eigenvalue weighted by molar-refractivity contribution is 5.68. The Hall–Kier alpha value is -2.04. The predicted octanol–water partition coefficient (Wildman–Crippen LogP) is 1.20. The maximum Gasteiger partial charge on any atom is 0.125 e. The summed E-state index contributed by atoms with van der Waals surface area (Å²) in [6.45, 7) is 0. The summed E-state index contributed by atoms with van der Waals surface area (Å²) in [6.07, 6.45) is 1.59. The fraction of sp³-hybridized carbons (Fsp3) is 0.200. The first-order valence-corrected chi connectivity index (χ1v) is 4.44. The molecule has 0 saturated carbocycles. The lowest BCUT2D eigenvalue weighted by atomic mass is 10.1. The van der Waals surface area contributed by atoms with E-state index < -0.39 is 0 Å². The zero-order chi connectivity index (χ0) is 10.8. The van der Waals surface area contributed by atoms with Gasteiger partial charge in [-0.05, 0) is 18.2 Å². The zero-order valence-corrected chi connectivity index (χ0v) is 8.51. The molecular formula is C10H11N3O2. The van der Waals surface area contributed by atoms with Crippen molar-refractivity contribution in [2.75, 3.05) is 7.11 Å². The van der Waals surface area contributed by atoms with Gasteiger partial charge in [0.25, 0.3) is 0 Å². The molecule has 5 nitrogen and oxygen atoms in total. The second-order valence-corrected chi connectivity index (χ2v) is 3.13. The molecule has 0 atom stereocenters. The number of hydrogen-bond donors (Lipinski definition) is 1. The number of aromatic nitrogens is 3. The fourth-order valence-electron chi connectivity index (χ4n) is 1.38. The van der Waals surface area contributed by atoms with Crippen LogP contribution in [0.2, 0.25) is 0 Å². The Balaban J connectivity index is 2.56. The van der Waals surface area contributed by atoms with Crippen molar-refractivity contribution in [3.8, 4) is 22.8 Å². The average Bonchev–Trinajstić information content (AvgIpc) is 2.65. The van der Waals surface area contributed by atoms with E-state index in [1.807, 2.05) is 0 Å². The van der Waals surface area contributed by atoms with Crippen molar-refractivity contribution in [2.45, 2.75) is 0 Å². The molecule has 15 heavy (non-hydrogen) atoms. The number of hydrogen-bond acceptors (Lipinski definition) is 4. The minimum absolute atomic E-state index is 0.182. The van der Waals surface area contributed by atoms with Gasteiger partial charge in [-0.25, -0.2) is 4.68 Å². The lowest BCUT2D eigenvalue weighted by Crippen LogP contribution is -1.94. The third kappa shape index (κ3) is 1.63. The first-order chi connectivity index (χ1) is 7.22. The number of methoxy groups -OCH3 is 1. The highest BCUT2D eigenvalue weighted by Crippen LogP contribution is 2.31. The largest absolute Gasteiger partial charge is 0.507 e. The monoisotopic (exact) mass is 205 g/mol. The van der Waals surface area contributed by atoms with E-state index in [2.05, 4.69) is 10.3 Å². The molecule has 0 saturated heterocycles. The SMILES string of the molecule is COc1ccc(O)c(-c2cnnn2C)c1. The van der Waals surface area contributed by atoms with Crippen molar-refractivity contribution < 1.29 is 9.84 Å². The summed E-state index contributed by atoms with van der Waals surface area (Å²) in [7, 11) is 3.35. The van der Waals surface area contributed by atoms with E-state index in [1.54, 1.807) is 43.2 Å².